The molecule has 0 spiro atoms. The minimum Gasteiger partial charge on any atom is -0.493 e. The van der Waals surface area contributed by atoms with Gasteiger partial charge in [0.25, 0.3) is 0 Å². The van der Waals surface area contributed by atoms with Crippen LogP contribution in [0.1, 0.15) is 6.42 Å². The summed E-state index contributed by atoms with van der Waals surface area (Å²) in [5.41, 5.74) is 0. The summed E-state index contributed by atoms with van der Waals surface area (Å²) in [6.45, 7) is 0.286. The second-order valence-corrected chi connectivity index (χ2v) is 4.21. The zero-order valence-corrected chi connectivity index (χ0v) is 10.9. The molecule has 4 nitrogen and oxygen atoms in total. The van der Waals surface area contributed by atoms with Crippen molar-refractivity contribution >= 4 is 5.97 Å². The molecule has 1 unspecified atom stereocenters. The van der Waals surface area contributed by atoms with Gasteiger partial charge in [-0.05, 0) is 24.3 Å². The Morgan fingerprint density at radius 3 is 2.05 bits per heavy atom. The summed E-state index contributed by atoms with van der Waals surface area (Å²) in [7, 11) is 0. The zero-order chi connectivity index (χ0) is 14.2. The smallest absolute Gasteiger partial charge is 0.345 e. The number of hydrogen-bond donors (Lipinski definition) is 1. The van der Waals surface area contributed by atoms with E-state index in [0.29, 0.717) is 5.75 Å². The molecule has 104 valence electrons. The summed E-state index contributed by atoms with van der Waals surface area (Å²) in [4.78, 5) is 11.2. The van der Waals surface area contributed by atoms with Crippen molar-refractivity contribution in [3.8, 4) is 11.5 Å². The van der Waals surface area contributed by atoms with E-state index in [9.17, 15) is 4.79 Å². The maximum atomic E-state index is 11.2. The highest BCUT2D eigenvalue weighted by atomic mass is 16.5. The number of aliphatic carboxylic acids is 1. The molecule has 0 aliphatic carbocycles. The molecule has 0 aliphatic heterocycles. The predicted octanol–water partition coefficient (Wildman–Crippen LogP) is 2.99. The fourth-order valence-corrected chi connectivity index (χ4v) is 1.70. The van der Waals surface area contributed by atoms with Gasteiger partial charge in [0.05, 0.1) is 6.61 Å². The van der Waals surface area contributed by atoms with E-state index >= 15 is 0 Å². The summed E-state index contributed by atoms with van der Waals surface area (Å²) in [5, 5.41) is 9.15. The van der Waals surface area contributed by atoms with Crippen LogP contribution in [-0.2, 0) is 4.79 Å². The van der Waals surface area contributed by atoms with Crippen LogP contribution in [0.3, 0.4) is 0 Å². The van der Waals surface area contributed by atoms with Crippen LogP contribution in [0, 0.1) is 0 Å². The van der Waals surface area contributed by atoms with Gasteiger partial charge in [0, 0.05) is 6.42 Å². The normalized spacial score (nSPS) is 11.6. The maximum Gasteiger partial charge on any atom is 0.345 e. The van der Waals surface area contributed by atoms with Gasteiger partial charge in [-0.3, -0.25) is 0 Å². The second kappa shape index (κ2) is 7.19. The van der Waals surface area contributed by atoms with E-state index in [1.807, 2.05) is 36.4 Å². The standard InChI is InChI=1S/C16H16O4/c17-16(18)15(20-14-9-5-2-6-10-14)11-12-19-13-7-3-1-4-8-13/h1-10,15H,11-12H2,(H,17,18). The highest BCUT2D eigenvalue weighted by molar-refractivity contribution is 5.72. The van der Waals surface area contributed by atoms with Crippen LogP contribution in [0.15, 0.2) is 60.7 Å². The van der Waals surface area contributed by atoms with Gasteiger partial charge in [0.2, 0.25) is 0 Å². The lowest BCUT2D eigenvalue weighted by atomic mass is 10.2. The first kappa shape index (κ1) is 13.9. The Labute approximate surface area is 117 Å². The Bertz CT molecular complexity index is 525. The van der Waals surface area contributed by atoms with Crippen molar-refractivity contribution in [2.24, 2.45) is 0 Å². The van der Waals surface area contributed by atoms with Crippen molar-refractivity contribution in [1.82, 2.24) is 0 Å². The molecule has 2 aromatic rings. The number of para-hydroxylation sites is 2. The first-order valence-electron chi connectivity index (χ1n) is 6.38. The molecule has 0 bridgehead atoms. The quantitative estimate of drug-likeness (QED) is 0.841. The predicted molar refractivity (Wildman–Crippen MR) is 75.0 cm³/mol. The van der Waals surface area contributed by atoms with Crippen molar-refractivity contribution < 1.29 is 19.4 Å². The van der Waals surface area contributed by atoms with Crippen LogP contribution in [0.5, 0.6) is 11.5 Å². The van der Waals surface area contributed by atoms with Gasteiger partial charge in [-0.15, -0.1) is 0 Å². The fraction of sp³-hybridized carbons (Fsp3) is 0.188. The average Bonchev–Trinajstić information content (AvgIpc) is 2.48. The lowest BCUT2D eigenvalue weighted by Crippen LogP contribution is -2.29. The molecule has 0 fully saturated rings. The zero-order valence-electron chi connectivity index (χ0n) is 10.9. The van der Waals surface area contributed by atoms with E-state index in [4.69, 9.17) is 14.6 Å². The van der Waals surface area contributed by atoms with Gasteiger partial charge >= 0.3 is 5.97 Å². The molecule has 0 saturated carbocycles. The Balaban J connectivity index is 1.85. The number of benzene rings is 2. The minimum absolute atomic E-state index is 0.277. The molecule has 1 N–H and O–H groups in total. The van der Waals surface area contributed by atoms with Crippen molar-refractivity contribution in [3.63, 3.8) is 0 Å². The molecule has 0 heterocycles. The fourth-order valence-electron chi connectivity index (χ4n) is 1.70. The monoisotopic (exact) mass is 272 g/mol. The van der Waals surface area contributed by atoms with Crippen LogP contribution < -0.4 is 9.47 Å². The molecular formula is C16H16O4. The lowest BCUT2D eigenvalue weighted by Gasteiger charge is -2.15. The molecule has 1 atom stereocenters. The van der Waals surface area contributed by atoms with Gasteiger partial charge in [-0.2, -0.15) is 0 Å². The van der Waals surface area contributed by atoms with E-state index in [-0.39, 0.29) is 13.0 Å². The van der Waals surface area contributed by atoms with Crippen molar-refractivity contribution in [2.45, 2.75) is 12.5 Å². The van der Waals surface area contributed by atoms with Crippen LogP contribution in [-0.4, -0.2) is 23.8 Å². The van der Waals surface area contributed by atoms with Gasteiger partial charge in [-0.1, -0.05) is 36.4 Å². The molecular weight excluding hydrogens is 256 g/mol. The second-order valence-electron chi connectivity index (χ2n) is 4.21. The van der Waals surface area contributed by atoms with Crippen LogP contribution in [0.2, 0.25) is 0 Å². The number of carbonyl (C=O) groups is 1. The van der Waals surface area contributed by atoms with E-state index in [1.165, 1.54) is 0 Å². The van der Waals surface area contributed by atoms with Crippen molar-refractivity contribution in [2.75, 3.05) is 6.61 Å². The third kappa shape index (κ3) is 4.31. The summed E-state index contributed by atoms with van der Waals surface area (Å²) in [6.07, 6.45) is -0.639. The number of rotatable bonds is 7. The number of hydrogen-bond acceptors (Lipinski definition) is 3. The molecule has 20 heavy (non-hydrogen) atoms. The van der Waals surface area contributed by atoms with Gasteiger partial charge in [-0.25, -0.2) is 4.79 Å². The summed E-state index contributed by atoms with van der Waals surface area (Å²) < 4.78 is 10.9. The summed E-state index contributed by atoms with van der Waals surface area (Å²) in [6, 6.07) is 18.2. The average molecular weight is 272 g/mol. The van der Waals surface area contributed by atoms with E-state index in [0.717, 1.165) is 5.75 Å². The maximum absolute atomic E-state index is 11.2. The topological polar surface area (TPSA) is 55.8 Å². The molecule has 4 heteroatoms. The number of ether oxygens (including phenoxy) is 2. The first-order chi connectivity index (χ1) is 9.75. The van der Waals surface area contributed by atoms with E-state index in [2.05, 4.69) is 0 Å². The van der Waals surface area contributed by atoms with Crippen molar-refractivity contribution in [3.05, 3.63) is 60.7 Å². The first-order valence-corrected chi connectivity index (χ1v) is 6.38. The number of carboxylic acid groups (broad SMARTS) is 1. The van der Waals surface area contributed by atoms with Crippen LogP contribution in [0.4, 0.5) is 0 Å². The third-order valence-corrected chi connectivity index (χ3v) is 2.69. The summed E-state index contributed by atoms with van der Waals surface area (Å²) >= 11 is 0. The highest BCUT2D eigenvalue weighted by Crippen LogP contribution is 2.14. The highest BCUT2D eigenvalue weighted by Gasteiger charge is 2.19. The molecule has 0 saturated heterocycles. The van der Waals surface area contributed by atoms with Gasteiger partial charge in [0.1, 0.15) is 11.5 Å². The molecule has 0 radical (unpaired) electrons. The molecule has 0 aromatic heterocycles. The minimum atomic E-state index is -0.995. The molecule has 0 amide bonds. The van der Waals surface area contributed by atoms with Gasteiger partial charge < -0.3 is 14.6 Å². The lowest BCUT2D eigenvalue weighted by molar-refractivity contribution is -0.145. The SMILES string of the molecule is O=C(O)C(CCOc1ccccc1)Oc1ccccc1. The molecule has 2 aromatic carbocycles. The Morgan fingerprint density at radius 2 is 1.50 bits per heavy atom. The van der Waals surface area contributed by atoms with Crippen molar-refractivity contribution in [1.29, 1.82) is 0 Å². The largest absolute Gasteiger partial charge is 0.493 e. The Kier molecular flexibility index (Phi) is 5.00. The van der Waals surface area contributed by atoms with Gasteiger partial charge in [0.15, 0.2) is 6.10 Å². The third-order valence-electron chi connectivity index (χ3n) is 2.69. The molecule has 2 rings (SSSR count). The van der Waals surface area contributed by atoms with E-state index < -0.39 is 12.1 Å². The van der Waals surface area contributed by atoms with Crippen LogP contribution in [0.25, 0.3) is 0 Å². The Hall–Kier alpha value is -2.49. The summed E-state index contributed by atoms with van der Waals surface area (Å²) in [5.74, 6) is 0.265. The Morgan fingerprint density at radius 1 is 0.950 bits per heavy atom. The molecule has 0 aliphatic rings. The van der Waals surface area contributed by atoms with Crippen LogP contribution >= 0.6 is 0 Å². The number of carboxylic acids is 1. The van der Waals surface area contributed by atoms with E-state index in [1.54, 1.807) is 24.3 Å².